The van der Waals surface area contributed by atoms with Gasteiger partial charge in [-0.3, -0.25) is 14.7 Å². The molecule has 0 saturated carbocycles. The lowest BCUT2D eigenvalue weighted by atomic mass is 10.0. The van der Waals surface area contributed by atoms with E-state index < -0.39 is 0 Å². The molecule has 3 N–H and O–H groups in total. The Kier molecular flexibility index (Phi) is 5.07. The van der Waals surface area contributed by atoms with Gasteiger partial charge in [0.15, 0.2) is 0 Å². The summed E-state index contributed by atoms with van der Waals surface area (Å²) in [7, 11) is 0. The first-order chi connectivity index (χ1) is 12.2. The van der Waals surface area contributed by atoms with E-state index in [1.807, 2.05) is 18.3 Å². The average Bonchev–Trinajstić information content (AvgIpc) is 2.64. The summed E-state index contributed by atoms with van der Waals surface area (Å²) in [6.07, 6.45) is 4.22. The summed E-state index contributed by atoms with van der Waals surface area (Å²) in [6.45, 7) is 2.02. The minimum absolute atomic E-state index is 0.219. The summed E-state index contributed by atoms with van der Waals surface area (Å²) in [5, 5.41) is 11.8. The van der Waals surface area contributed by atoms with Gasteiger partial charge in [0.2, 0.25) is 0 Å². The summed E-state index contributed by atoms with van der Waals surface area (Å²) in [6, 6.07) is 12.8. The molecule has 0 spiro atoms. The molecule has 6 nitrogen and oxygen atoms in total. The molecule has 2 heterocycles. The van der Waals surface area contributed by atoms with Gasteiger partial charge in [0.25, 0.3) is 5.91 Å². The third-order valence-corrected chi connectivity index (χ3v) is 4.12. The number of nitriles is 1. The van der Waals surface area contributed by atoms with E-state index in [9.17, 15) is 4.79 Å². The van der Waals surface area contributed by atoms with Crippen LogP contribution in [0.4, 0.5) is 5.69 Å². The third-order valence-electron chi connectivity index (χ3n) is 4.12. The fourth-order valence-corrected chi connectivity index (χ4v) is 2.81. The minimum atomic E-state index is -0.219. The Hall–Kier alpha value is -3.17. The van der Waals surface area contributed by atoms with E-state index in [4.69, 9.17) is 11.0 Å². The number of rotatable bonds is 4. The van der Waals surface area contributed by atoms with E-state index in [0.29, 0.717) is 35.5 Å². The van der Waals surface area contributed by atoms with Crippen molar-refractivity contribution in [2.45, 2.75) is 13.0 Å². The fourth-order valence-electron chi connectivity index (χ4n) is 2.81. The number of aromatic nitrogens is 1. The van der Waals surface area contributed by atoms with Crippen molar-refractivity contribution in [3.63, 3.8) is 0 Å². The molecule has 0 radical (unpaired) electrons. The molecule has 0 unspecified atom stereocenters. The quantitative estimate of drug-likeness (QED) is 0.892. The van der Waals surface area contributed by atoms with Gasteiger partial charge < -0.3 is 11.1 Å². The van der Waals surface area contributed by atoms with Crippen molar-refractivity contribution >= 4 is 11.6 Å². The van der Waals surface area contributed by atoms with Crippen LogP contribution in [0.15, 0.2) is 60.1 Å². The zero-order valence-corrected chi connectivity index (χ0v) is 13.8. The van der Waals surface area contributed by atoms with Crippen molar-refractivity contribution < 1.29 is 4.79 Å². The Morgan fingerprint density at radius 1 is 1.36 bits per heavy atom. The van der Waals surface area contributed by atoms with Crippen LogP contribution in [0.5, 0.6) is 0 Å². The normalized spacial score (nSPS) is 14.8. The van der Waals surface area contributed by atoms with Gasteiger partial charge in [-0.15, -0.1) is 0 Å². The largest absolute Gasteiger partial charge is 0.402 e. The summed E-state index contributed by atoms with van der Waals surface area (Å²) in [5.41, 5.74) is 9.47. The Labute approximate surface area is 146 Å². The van der Waals surface area contributed by atoms with Gasteiger partial charge >= 0.3 is 0 Å². The van der Waals surface area contributed by atoms with Crippen molar-refractivity contribution in [1.29, 1.82) is 5.26 Å². The molecule has 0 aliphatic carbocycles. The maximum absolute atomic E-state index is 12.6. The number of pyridine rings is 1. The van der Waals surface area contributed by atoms with Crippen molar-refractivity contribution in [2.24, 2.45) is 5.73 Å². The summed E-state index contributed by atoms with van der Waals surface area (Å²) in [5.74, 6) is -0.219. The number of carbonyl (C=O) groups is 1. The monoisotopic (exact) mass is 333 g/mol. The van der Waals surface area contributed by atoms with E-state index in [1.165, 1.54) is 0 Å². The Bertz CT molecular complexity index is 838. The predicted octanol–water partition coefficient (Wildman–Crippen LogP) is 2.01. The first kappa shape index (κ1) is 16.7. The molecular formula is C19H19N5O. The molecule has 1 aliphatic rings. The van der Waals surface area contributed by atoms with Crippen molar-refractivity contribution in [3.8, 4) is 6.07 Å². The third kappa shape index (κ3) is 4.22. The van der Waals surface area contributed by atoms with Crippen LogP contribution in [0, 0.1) is 11.3 Å². The van der Waals surface area contributed by atoms with E-state index in [1.54, 1.807) is 30.5 Å². The van der Waals surface area contributed by atoms with Crippen LogP contribution >= 0.6 is 0 Å². The molecule has 1 aromatic heterocycles. The second-order valence-electron chi connectivity index (χ2n) is 5.97. The maximum atomic E-state index is 12.6. The molecule has 3 rings (SSSR count). The van der Waals surface area contributed by atoms with Gasteiger partial charge in [-0.2, -0.15) is 5.26 Å². The maximum Gasteiger partial charge on any atom is 0.254 e. The number of carbonyl (C=O) groups excluding carboxylic acids is 1. The fraction of sp³-hybridized carbons (Fsp3) is 0.211. The van der Waals surface area contributed by atoms with Crippen LogP contribution in [0.25, 0.3) is 0 Å². The molecule has 0 fully saturated rings. The van der Waals surface area contributed by atoms with E-state index in [2.05, 4.69) is 21.3 Å². The van der Waals surface area contributed by atoms with E-state index in [-0.39, 0.29) is 5.91 Å². The summed E-state index contributed by atoms with van der Waals surface area (Å²) < 4.78 is 0. The Morgan fingerprint density at radius 2 is 2.24 bits per heavy atom. The van der Waals surface area contributed by atoms with Gasteiger partial charge in [-0.05, 0) is 29.8 Å². The molecule has 6 heteroatoms. The van der Waals surface area contributed by atoms with Crippen LogP contribution < -0.4 is 11.1 Å². The Morgan fingerprint density at radius 3 is 3.00 bits per heavy atom. The number of amides is 1. The van der Waals surface area contributed by atoms with Crippen LogP contribution in [0.2, 0.25) is 0 Å². The lowest BCUT2D eigenvalue weighted by Gasteiger charge is -2.29. The standard InChI is InChI=1S/C19H19N5O/c20-10-14-3-1-5-16(9-14)23-19(25)17-13-24(8-6-18(17)21)12-15-4-2-7-22-11-15/h1-5,7,9,11H,6,8,12-13,21H2,(H,23,25). The topological polar surface area (TPSA) is 95.0 Å². The summed E-state index contributed by atoms with van der Waals surface area (Å²) in [4.78, 5) is 18.9. The zero-order chi connectivity index (χ0) is 17.6. The zero-order valence-electron chi connectivity index (χ0n) is 13.8. The number of nitrogens with one attached hydrogen (secondary N) is 1. The molecule has 2 aromatic rings. The van der Waals surface area contributed by atoms with Gasteiger partial charge in [0.05, 0.1) is 17.2 Å². The lowest BCUT2D eigenvalue weighted by Crippen LogP contribution is -2.37. The predicted molar refractivity (Wildman–Crippen MR) is 95.1 cm³/mol. The SMILES string of the molecule is N#Cc1cccc(NC(=O)C2=C(N)CCN(Cc3cccnc3)C2)c1. The smallest absolute Gasteiger partial charge is 0.254 e. The second-order valence-corrected chi connectivity index (χ2v) is 5.97. The van der Waals surface area contributed by atoms with Crippen LogP contribution in [-0.2, 0) is 11.3 Å². The van der Waals surface area contributed by atoms with Gasteiger partial charge in [0, 0.05) is 49.8 Å². The van der Waals surface area contributed by atoms with Crippen LogP contribution in [-0.4, -0.2) is 28.9 Å². The number of anilines is 1. The lowest BCUT2D eigenvalue weighted by molar-refractivity contribution is -0.113. The van der Waals surface area contributed by atoms with E-state index >= 15 is 0 Å². The number of hydrogen-bond donors (Lipinski definition) is 2. The second kappa shape index (κ2) is 7.60. The van der Waals surface area contributed by atoms with Gasteiger partial charge in [0.1, 0.15) is 0 Å². The van der Waals surface area contributed by atoms with Crippen molar-refractivity contribution in [2.75, 3.05) is 18.4 Å². The molecule has 1 aliphatic heterocycles. The minimum Gasteiger partial charge on any atom is -0.402 e. The highest BCUT2D eigenvalue weighted by molar-refractivity contribution is 6.04. The molecule has 1 amide bonds. The number of nitrogens with zero attached hydrogens (tertiary/aromatic N) is 3. The molecule has 1 aromatic carbocycles. The van der Waals surface area contributed by atoms with E-state index in [0.717, 1.165) is 18.7 Å². The Balaban J connectivity index is 1.69. The highest BCUT2D eigenvalue weighted by Crippen LogP contribution is 2.19. The molecule has 0 saturated heterocycles. The van der Waals surface area contributed by atoms with Crippen LogP contribution in [0.3, 0.4) is 0 Å². The molecule has 0 atom stereocenters. The summed E-state index contributed by atoms with van der Waals surface area (Å²) >= 11 is 0. The van der Waals surface area contributed by atoms with Gasteiger partial charge in [-0.25, -0.2) is 0 Å². The molecule has 25 heavy (non-hydrogen) atoms. The van der Waals surface area contributed by atoms with Gasteiger partial charge in [-0.1, -0.05) is 12.1 Å². The highest BCUT2D eigenvalue weighted by Gasteiger charge is 2.22. The molecular weight excluding hydrogens is 314 g/mol. The number of benzene rings is 1. The average molecular weight is 333 g/mol. The molecule has 0 bridgehead atoms. The van der Waals surface area contributed by atoms with Crippen molar-refractivity contribution in [1.82, 2.24) is 9.88 Å². The van der Waals surface area contributed by atoms with Crippen LogP contribution in [0.1, 0.15) is 17.5 Å². The van der Waals surface area contributed by atoms with Crippen molar-refractivity contribution in [3.05, 3.63) is 71.2 Å². The number of hydrogen-bond acceptors (Lipinski definition) is 5. The first-order valence-electron chi connectivity index (χ1n) is 8.06. The number of nitrogens with two attached hydrogens (primary N) is 1. The highest BCUT2D eigenvalue weighted by atomic mass is 16.1. The molecule has 126 valence electrons. The first-order valence-corrected chi connectivity index (χ1v) is 8.06.